The maximum atomic E-state index is 10.1. The SMILES string of the molecule is Oc1c(O)c(O)c(-c2ccc(Br)c3ccccc23)c(O)c1O. The number of phenolic OH excluding ortho intramolecular Hbond substituents is 5. The van der Waals surface area contributed by atoms with Crippen LogP contribution in [0.15, 0.2) is 40.9 Å². The Morgan fingerprint density at radius 3 is 1.68 bits per heavy atom. The van der Waals surface area contributed by atoms with E-state index in [1.165, 1.54) is 0 Å². The van der Waals surface area contributed by atoms with Crippen LogP contribution in [0.4, 0.5) is 0 Å². The molecule has 5 nitrogen and oxygen atoms in total. The lowest BCUT2D eigenvalue weighted by Crippen LogP contribution is -1.87. The van der Waals surface area contributed by atoms with E-state index in [0.717, 1.165) is 9.86 Å². The van der Waals surface area contributed by atoms with Crippen LogP contribution in [0.5, 0.6) is 28.7 Å². The smallest absolute Gasteiger partial charge is 0.208 e. The topological polar surface area (TPSA) is 101 Å². The summed E-state index contributed by atoms with van der Waals surface area (Å²) in [4.78, 5) is 0. The molecule has 0 radical (unpaired) electrons. The van der Waals surface area contributed by atoms with Gasteiger partial charge in [0.05, 0.1) is 5.56 Å². The van der Waals surface area contributed by atoms with Crippen molar-refractivity contribution in [2.24, 2.45) is 0 Å². The van der Waals surface area contributed by atoms with E-state index in [-0.39, 0.29) is 5.56 Å². The normalized spacial score (nSPS) is 11.0. The van der Waals surface area contributed by atoms with Gasteiger partial charge in [0.15, 0.2) is 11.5 Å². The largest absolute Gasteiger partial charge is 0.504 e. The number of rotatable bonds is 1. The second kappa shape index (κ2) is 4.99. The molecule has 5 N–H and O–H groups in total. The summed E-state index contributed by atoms with van der Waals surface area (Å²) < 4.78 is 0.818. The molecule has 22 heavy (non-hydrogen) atoms. The Morgan fingerprint density at radius 1 is 0.591 bits per heavy atom. The van der Waals surface area contributed by atoms with Crippen molar-refractivity contribution in [2.45, 2.75) is 0 Å². The zero-order valence-electron chi connectivity index (χ0n) is 11.1. The van der Waals surface area contributed by atoms with Gasteiger partial charge in [-0.15, -0.1) is 0 Å². The molecule has 0 heterocycles. The molecular formula is C16H11BrO5. The van der Waals surface area contributed by atoms with Crippen molar-refractivity contribution in [2.75, 3.05) is 0 Å². The van der Waals surface area contributed by atoms with Crippen LogP contribution in [0.1, 0.15) is 0 Å². The lowest BCUT2D eigenvalue weighted by molar-refractivity contribution is 0.330. The average Bonchev–Trinajstić information content (AvgIpc) is 2.53. The van der Waals surface area contributed by atoms with E-state index in [4.69, 9.17) is 0 Å². The minimum absolute atomic E-state index is 0.156. The third-order valence-electron chi connectivity index (χ3n) is 3.51. The molecule has 0 spiro atoms. The quantitative estimate of drug-likeness (QED) is 0.334. The van der Waals surface area contributed by atoms with Crippen molar-refractivity contribution in [1.29, 1.82) is 0 Å². The molecular weight excluding hydrogens is 352 g/mol. The lowest BCUT2D eigenvalue weighted by Gasteiger charge is -2.14. The van der Waals surface area contributed by atoms with Crippen LogP contribution in [-0.2, 0) is 0 Å². The number of aromatic hydroxyl groups is 5. The molecule has 0 aliphatic heterocycles. The number of halogens is 1. The van der Waals surface area contributed by atoms with Crippen molar-refractivity contribution in [3.05, 3.63) is 40.9 Å². The van der Waals surface area contributed by atoms with Gasteiger partial charge in [0.2, 0.25) is 17.2 Å². The molecule has 6 heteroatoms. The highest BCUT2D eigenvalue weighted by Crippen LogP contribution is 2.55. The summed E-state index contributed by atoms with van der Waals surface area (Å²) in [5.74, 6) is -4.17. The van der Waals surface area contributed by atoms with Crippen molar-refractivity contribution < 1.29 is 25.5 Å². The van der Waals surface area contributed by atoms with Crippen molar-refractivity contribution in [3.63, 3.8) is 0 Å². The summed E-state index contributed by atoms with van der Waals surface area (Å²) in [6, 6.07) is 10.6. The van der Waals surface area contributed by atoms with Gasteiger partial charge in [-0.05, 0) is 22.4 Å². The van der Waals surface area contributed by atoms with Crippen molar-refractivity contribution in [1.82, 2.24) is 0 Å². The molecule has 0 atom stereocenters. The highest BCUT2D eigenvalue weighted by molar-refractivity contribution is 9.10. The predicted octanol–water partition coefficient (Wildman–Crippen LogP) is 3.80. The Kier molecular flexibility index (Phi) is 3.26. The van der Waals surface area contributed by atoms with Gasteiger partial charge in [-0.25, -0.2) is 0 Å². The average molecular weight is 363 g/mol. The fourth-order valence-corrected chi connectivity index (χ4v) is 2.90. The first-order valence-electron chi connectivity index (χ1n) is 6.30. The molecule has 3 aromatic rings. The molecule has 0 bridgehead atoms. The number of phenols is 5. The molecule has 3 rings (SSSR count). The first-order chi connectivity index (χ1) is 10.4. The molecule has 0 aliphatic rings. The molecule has 0 aliphatic carbocycles. The first kappa shape index (κ1) is 14.3. The minimum atomic E-state index is -0.972. The Labute approximate surface area is 133 Å². The molecule has 0 unspecified atom stereocenters. The number of fused-ring (bicyclic) bond motifs is 1. The van der Waals surface area contributed by atoms with Gasteiger partial charge in [0.25, 0.3) is 0 Å². The summed E-state index contributed by atoms with van der Waals surface area (Å²) in [5, 5.41) is 50.5. The van der Waals surface area contributed by atoms with Crippen LogP contribution in [-0.4, -0.2) is 25.5 Å². The van der Waals surface area contributed by atoms with Gasteiger partial charge in [0.1, 0.15) is 0 Å². The highest BCUT2D eigenvalue weighted by Gasteiger charge is 2.25. The molecule has 0 saturated carbocycles. The molecule has 0 fully saturated rings. The maximum Gasteiger partial charge on any atom is 0.208 e. The summed E-state index contributed by atoms with van der Waals surface area (Å²) >= 11 is 3.42. The second-order valence-corrected chi connectivity index (χ2v) is 5.61. The van der Waals surface area contributed by atoms with Gasteiger partial charge in [-0.3, -0.25) is 0 Å². The highest BCUT2D eigenvalue weighted by atomic mass is 79.9. The predicted molar refractivity (Wildman–Crippen MR) is 85.4 cm³/mol. The van der Waals surface area contributed by atoms with Gasteiger partial charge >= 0.3 is 0 Å². The van der Waals surface area contributed by atoms with Crippen LogP contribution < -0.4 is 0 Å². The summed E-state index contributed by atoms with van der Waals surface area (Å²) in [6.45, 7) is 0. The third kappa shape index (κ3) is 1.92. The molecule has 3 aromatic carbocycles. The third-order valence-corrected chi connectivity index (χ3v) is 4.20. The Bertz CT molecular complexity index is 876. The second-order valence-electron chi connectivity index (χ2n) is 4.76. The first-order valence-corrected chi connectivity index (χ1v) is 7.09. The lowest BCUT2D eigenvalue weighted by atomic mass is 9.96. The van der Waals surface area contributed by atoms with Crippen LogP contribution in [0.3, 0.4) is 0 Å². The number of benzene rings is 3. The standard InChI is InChI=1S/C16H11BrO5/c17-10-6-5-9(7-3-1-2-4-8(7)10)11-12(18)14(20)16(22)15(21)13(11)19/h1-6,18-22H. The summed E-state index contributed by atoms with van der Waals surface area (Å²) in [7, 11) is 0. The maximum absolute atomic E-state index is 10.1. The van der Waals surface area contributed by atoms with Crippen molar-refractivity contribution >= 4 is 26.7 Å². The van der Waals surface area contributed by atoms with E-state index in [1.54, 1.807) is 24.3 Å². The van der Waals surface area contributed by atoms with Gasteiger partial charge in [-0.2, -0.15) is 0 Å². The van der Waals surface area contributed by atoms with E-state index >= 15 is 0 Å². The Balaban J connectivity index is 2.46. The number of hydrogen-bond donors (Lipinski definition) is 5. The monoisotopic (exact) mass is 362 g/mol. The van der Waals surface area contributed by atoms with Crippen LogP contribution in [0.2, 0.25) is 0 Å². The fraction of sp³-hybridized carbons (Fsp3) is 0. The fourth-order valence-electron chi connectivity index (χ4n) is 2.42. The Hall–Kier alpha value is -2.60. The Morgan fingerprint density at radius 2 is 1.09 bits per heavy atom. The van der Waals surface area contributed by atoms with Crippen molar-refractivity contribution in [3.8, 4) is 39.9 Å². The van der Waals surface area contributed by atoms with Gasteiger partial charge < -0.3 is 25.5 Å². The van der Waals surface area contributed by atoms with E-state index in [1.807, 2.05) is 12.1 Å². The van der Waals surface area contributed by atoms with E-state index in [2.05, 4.69) is 15.9 Å². The molecule has 0 saturated heterocycles. The van der Waals surface area contributed by atoms with Gasteiger partial charge in [-0.1, -0.05) is 46.3 Å². The van der Waals surface area contributed by atoms with E-state index in [0.29, 0.717) is 10.9 Å². The van der Waals surface area contributed by atoms with Crippen LogP contribution >= 0.6 is 15.9 Å². The van der Waals surface area contributed by atoms with E-state index in [9.17, 15) is 25.5 Å². The molecule has 0 amide bonds. The molecule has 112 valence electrons. The number of hydrogen-bond acceptors (Lipinski definition) is 5. The van der Waals surface area contributed by atoms with E-state index < -0.39 is 28.7 Å². The van der Waals surface area contributed by atoms with Crippen LogP contribution in [0.25, 0.3) is 21.9 Å². The summed E-state index contributed by atoms with van der Waals surface area (Å²) in [5.41, 5.74) is 0.246. The zero-order chi connectivity index (χ0) is 16.0. The zero-order valence-corrected chi connectivity index (χ0v) is 12.7. The molecule has 0 aromatic heterocycles. The minimum Gasteiger partial charge on any atom is -0.504 e. The summed E-state index contributed by atoms with van der Waals surface area (Å²) in [6.07, 6.45) is 0. The van der Waals surface area contributed by atoms with Crippen LogP contribution in [0, 0.1) is 0 Å². The van der Waals surface area contributed by atoms with Gasteiger partial charge in [0, 0.05) is 4.47 Å².